The maximum absolute atomic E-state index is 13.0. The Balaban J connectivity index is 1.71. The summed E-state index contributed by atoms with van der Waals surface area (Å²) in [6.07, 6.45) is 4.47. The molecule has 0 aliphatic heterocycles. The van der Waals surface area contributed by atoms with E-state index in [0.717, 1.165) is 4.88 Å². The summed E-state index contributed by atoms with van der Waals surface area (Å²) >= 11 is 7.45. The van der Waals surface area contributed by atoms with Crippen molar-refractivity contribution in [3.05, 3.63) is 80.3 Å². The van der Waals surface area contributed by atoms with Gasteiger partial charge in [-0.1, -0.05) is 11.6 Å². The van der Waals surface area contributed by atoms with E-state index < -0.39 is 0 Å². The van der Waals surface area contributed by atoms with E-state index in [1.807, 2.05) is 12.1 Å². The number of carbonyl (C=O) groups is 1. The summed E-state index contributed by atoms with van der Waals surface area (Å²) in [5.41, 5.74) is 0.916. The van der Waals surface area contributed by atoms with Gasteiger partial charge in [0.05, 0.1) is 34.9 Å². The van der Waals surface area contributed by atoms with E-state index >= 15 is 0 Å². The van der Waals surface area contributed by atoms with Crippen LogP contribution in [0.2, 0.25) is 4.34 Å². The standard InChI is InChI=1S/C21H19ClN4O4S/c1-29-10-8-25-7-2-3-16(21(25)28)17-11-19(23-12-15-4-5-18(22)31-15)26(24-17)20(27)14-6-9-30-13-14/h2-7,9,11,13,23H,8,10,12H2,1H3. The Kier molecular flexibility index (Phi) is 6.36. The minimum absolute atomic E-state index is 0.212. The fourth-order valence-corrected chi connectivity index (χ4v) is 4.05. The summed E-state index contributed by atoms with van der Waals surface area (Å²) in [7, 11) is 1.58. The van der Waals surface area contributed by atoms with E-state index in [1.54, 1.807) is 42.1 Å². The van der Waals surface area contributed by atoms with Crippen LogP contribution < -0.4 is 10.9 Å². The Labute approximate surface area is 186 Å². The molecule has 4 rings (SSSR count). The number of halogens is 1. The second-order valence-corrected chi connectivity index (χ2v) is 8.42. The number of thiophene rings is 1. The summed E-state index contributed by atoms with van der Waals surface area (Å²) in [5, 5.41) is 7.65. The van der Waals surface area contributed by atoms with Crippen LogP contribution in [0.5, 0.6) is 0 Å². The van der Waals surface area contributed by atoms with Crippen molar-refractivity contribution in [2.75, 3.05) is 19.0 Å². The molecule has 0 bridgehead atoms. The van der Waals surface area contributed by atoms with Gasteiger partial charge in [-0.2, -0.15) is 9.78 Å². The molecule has 31 heavy (non-hydrogen) atoms. The third-order valence-corrected chi connectivity index (χ3v) is 5.81. The van der Waals surface area contributed by atoms with Crippen molar-refractivity contribution in [3.8, 4) is 11.3 Å². The number of anilines is 1. The Morgan fingerprint density at radius 2 is 2.19 bits per heavy atom. The molecule has 0 amide bonds. The van der Waals surface area contributed by atoms with Crippen LogP contribution in [0.15, 0.2) is 64.3 Å². The van der Waals surface area contributed by atoms with Gasteiger partial charge in [0.1, 0.15) is 17.8 Å². The first-order chi connectivity index (χ1) is 15.1. The molecule has 1 N–H and O–H groups in total. The normalized spacial score (nSPS) is 11.0. The number of hydrogen-bond acceptors (Lipinski definition) is 7. The van der Waals surface area contributed by atoms with Crippen LogP contribution in [0.3, 0.4) is 0 Å². The van der Waals surface area contributed by atoms with Crippen LogP contribution >= 0.6 is 22.9 Å². The second kappa shape index (κ2) is 9.34. The number of carbonyl (C=O) groups excluding carboxylic acids is 1. The number of ether oxygens (including phenoxy) is 1. The zero-order chi connectivity index (χ0) is 21.8. The number of aromatic nitrogens is 3. The van der Waals surface area contributed by atoms with E-state index in [4.69, 9.17) is 20.8 Å². The van der Waals surface area contributed by atoms with Crippen molar-refractivity contribution in [2.24, 2.45) is 0 Å². The van der Waals surface area contributed by atoms with Crippen LogP contribution in [0, 0.1) is 0 Å². The number of furan rings is 1. The highest BCUT2D eigenvalue weighted by atomic mass is 35.5. The number of methoxy groups -OCH3 is 1. The van der Waals surface area contributed by atoms with Crippen LogP contribution in [-0.4, -0.2) is 34.0 Å². The van der Waals surface area contributed by atoms with Crippen molar-refractivity contribution < 1.29 is 13.9 Å². The predicted octanol–water partition coefficient (Wildman–Crippen LogP) is 3.97. The first-order valence-electron chi connectivity index (χ1n) is 9.40. The molecule has 0 aromatic carbocycles. The molecule has 0 unspecified atom stereocenters. The zero-order valence-electron chi connectivity index (χ0n) is 16.6. The summed E-state index contributed by atoms with van der Waals surface area (Å²) in [5.74, 6) is 0.0831. The Hall–Kier alpha value is -3.14. The number of pyridine rings is 1. The topological polar surface area (TPSA) is 91.3 Å². The van der Waals surface area contributed by atoms with E-state index in [0.29, 0.717) is 46.7 Å². The molecule has 0 aliphatic carbocycles. The van der Waals surface area contributed by atoms with Crippen molar-refractivity contribution in [3.63, 3.8) is 0 Å². The fraction of sp³-hybridized carbons (Fsp3) is 0.190. The lowest BCUT2D eigenvalue weighted by Gasteiger charge is -2.06. The van der Waals surface area contributed by atoms with Crippen molar-refractivity contribution in [1.29, 1.82) is 0 Å². The van der Waals surface area contributed by atoms with Gasteiger partial charge in [-0.25, -0.2) is 0 Å². The van der Waals surface area contributed by atoms with Crippen molar-refractivity contribution >= 4 is 34.7 Å². The Morgan fingerprint density at radius 3 is 2.90 bits per heavy atom. The van der Waals surface area contributed by atoms with Gasteiger partial charge >= 0.3 is 0 Å². The molecular formula is C21H19ClN4O4S. The fourth-order valence-electron chi connectivity index (χ4n) is 3.02. The van der Waals surface area contributed by atoms with Crippen molar-refractivity contribution in [1.82, 2.24) is 14.3 Å². The quantitative estimate of drug-likeness (QED) is 0.429. The van der Waals surface area contributed by atoms with Crippen LogP contribution in [0.1, 0.15) is 15.2 Å². The summed E-state index contributed by atoms with van der Waals surface area (Å²) in [4.78, 5) is 26.9. The lowest BCUT2D eigenvalue weighted by Crippen LogP contribution is -2.23. The van der Waals surface area contributed by atoms with Crippen LogP contribution in [0.25, 0.3) is 11.3 Å². The molecule has 10 heteroatoms. The molecule has 4 heterocycles. The van der Waals surface area contributed by atoms with Crippen LogP contribution in [-0.2, 0) is 17.8 Å². The van der Waals surface area contributed by atoms with Gasteiger partial charge in [0, 0.05) is 30.8 Å². The maximum Gasteiger partial charge on any atom is 0.283 e. The average Bonchev–Trinajstić information content (AvgIpc) is 3.52. The largest absolute Gasteiger partial charge is 0.472 e. The molecule has 0 aliphatic rings. The average molecular weight is 459 g/mol. The monoisotopic (exact) mass is 458 g/mol. The molecule has 8 nitrogen and oxygen atoms in total. The lowest BCUT2D eigenvalue weighted by molar-refractivity contribution is 0.0947. The van der Waals surface area contributed by atoms with Gasteiger partial charge < -0.3 is 19.0 Å². The predicted molar refractivity (Wildman–Crippen MR) is 119 cm³/mol. The third kappa shape index (κ3) is 4.63. The van der Waals surface area contributed by atoms with E-state index in [9.17, 15) is 9.59 Å². The molecule has 0 fully saturated rings. The highest BCUT2D eigenvalue weighted by Crippen LogP contribution is 2.24. The van der Waals surface area contributed by atoms with Gasteiger partial charge in [0.25, 0.3) is 11.5 Å². The molecule has 4 aromatic heterocycles. The highest BCUT2D eigenvalue weighted by molar-refractivity contribution is 7.16. The minimum Gasteiger partial charge on any atom is -0.472 e. The molecule has 4 aromatic rings. The molecule has 0 saturated carbocycles. The van der Waals surface area contributed by atoms with Crippen LogP contribution in [0.4, 0.5) is 5.82 Å². The van der Waals surface area contributed by atoms with Gasteiger partial charge in [0.15, 0.2) is 0 Å². The summed E-state index contributed by atoms with van der Waals surface area (Å²) in [6.45, 7) is 1.28. The first-order valence-corrected chi connectivity index (χ1v) is 10.6. The number of nitrogens with one attached hydrogen (secondary N) is 1. The van der Waals surface area contributed by atoms with Gasteiger partial charge in [-0.15, -0.1) is 11.3 Å². The molecule has 160 valence electrons. The molecule has 0 atom stereocenters. The molecule has 0 radical (unpaired) electrons. The van der Waals surface area contributed by atoms with Gasteiger partial charge in [0.2, 0.25) is 0 Å². The minimum atomic E-state index is -0.373. The lowest BCUT2D eigenvalue weighted by atomic mass is 10.2. The third-order valence-electron chi connectivity index (χ3n) is 4.57. The first kappa shape index (κ1) is 21.1. The smallest absolute Gasteiger partial charge is 0.283 e. The maximum atomic E-state index is 13.0. The molecule has 0 spiro atoms. The summed E-state index contributed by atoms with van der Waals surface area (Å²) < 4.78 is 13.6. The molecular weight excluding hydrogens is 440 g/mol. The van der Waals surface area contributed by atoms with E-state index in [-0.39, 0.29) is 11.5 Å². The number of hydrogen-bond donors (Lipinski definition) is 1. The molecule has 0 saturated heterocycles. The summed E-state index contributed by atoms with van der Waals surface area (Å²) in [6, 6.07) is 10.4. The van der Waals surface area contributed by atoms with Crippen molar-refractivity contribution in [2.45, 2.75) is 13.1 Å². The van der Waals surface area contributed by atoms with Gasteiger partial charge in [-0.3, -0.25) is 9.59 Å². The van der Waals surface area contributed by atoms with Gasteiger partial charge in [-0.05, 0) is 30.3 Å². The second-order valence-electron chi connectivity index (χ2n) is 6.62. The SMILES string of the molecule is COCCn1cccc(-c2cc(NCc3ccc(Cl)s3)n(C(=O)c3ccoc3)n2)c1=O. The zero-order valence-corrected chi connectivity index (χ0v) is 18.2. The van der Waals surface area contributed by atoms with E-state index in [2.05, 4.69) is 10.4 Å². The number of rotatable bonds is 8. The van der Waals surface area contributed by atoms with E-state index in [1.165, 1.54) is 28.5 Å². The Morgan fingerprint density at radius 1 is 1.32 bits per heavy atom. The highest BCUT2D eigenvalue weighted by Gasteiger charge is 2.20. The Bertz CT molecular complexity index is 1240. The number of nitrogens with zero attached hydrogens (tertiary/aromatic N) is 3.